The van der Waals surface area contributed by atoms with Crippen molar-refractivity contribution in [1.82, 2.24) is 14.7 Å². The molecule has 0 aromatic carbocycles. The van der Waals surface area contributed by atoms with Gasteiger partial charge in [0.2, 0.25) is 5.91 Å². The molecule has 0 N–H and O–H groups in total. The normalized spacial score (nSPS) is 19.0. The first-order chi connectivity index (χ1) is 6.63. The molecule has 4 heteroatoms. The van der Waals surface area contributed by atoms with Gasteiger partial charge in [-0.25, -0.2) is 0 Å². The fourth-order valence-electron chi connectivity index (χ4n) is 1.68. The van der Waals surface area contributed by atoms with Crippen LogP contribution in [0.1, 0.15) is 6.92 Å². The zero-order valence-electron chi connectivity index (χ0n) is 9.49. The molecule has 4 nitrogen and oxygen atoms in total. The van der Waals surface area contributed by atoms with Crippen molar-refractivity contribution in [2.45, 2.75) is 6.92 Å². The second-order valence-electron chi connectivity index (χ2n) is 4.05. The van der Waals surface area contributed by atoms with Crippen molar-refractivity contribution in [3.63, 3.8) is 0 Å². The number of piperazine rings is 1. The minimum absolute atomic E-state index is 0.255. The van der Waals surface area contributed by atoms with Crippen LogP contribution < -0.4 is 0 Å². The average molecular weight is 199 g/mol. The highest BCUT2D eigenvalue weighted by molar-refractivity contribution is 5.78. The summed E-state index contributed by atoms with van der Waals surface area (Å²) in [5, 5.41) is 0. The number of carbonyl (C=O) groups is 1. The van der Waals surface area contributed by atoms with Crippen molar-refractivity contribution >= 4 is 5.91 Å². The molecule has 1 amide bonds. The Morgan fingerprint density at radius 3 is 2.21 bits per heavy atom. The van der Waals surface area contributed by atoms with Crippen molar-refractivity contribution in [2.24, 2.45) is 0 Å². The van der Waals surface area contributed by atoms with E-state index in [1.165, 1.54) is 0 Å². The SMILES string of the molecule is CCN1CCN(C(=O)CN(C)C)CC1. The smallest absolute Gasteiger partial charge is 0.236 e. The van der Waals surface area contributed by atoms with Gasteiger partial charge in [-0.05, 0) is 20.6 Å². The zero-order chi connectivity index (χ0) is 10.6. The Morgan fingerprint density at radius 2 is 1.79 bits per heavy atom. The summed E-state index contributed by atoms with van der Waals surface area (Å²) in [5.41, 5.74) is 0. The third-order valence-electron chi connectivity index (χ3n) is 2.62. The molecule has 1 heterocycles. The summed E-state index contributed by atoms with van der Waals surface area (Å²) in [4.78, 5) is 17.9. The third kappa shape index (κ3) is 3.27. The molecule has 1 aliphatic heterocycles. The van der Waals surface area contributed by atoms with E-state index in [2.05, 4.69) is 11.8 Å². The van der Waals surface area contributed by atoms with Crippen LogP contribution in [0.3, 0.4) is 0 Å². The van der Waals surface area contributed by atoms with Crippen LogP contribution in [0.2, 0.25) is 0 Å². The predicted molar refractivity (Wildman–Crippen MR) is 57.2 cm³/mol. The molecule has 0 saturated carbocycles. The van der Waals surface area contributed by atoms with Crippen LogP contribution in [0.15, 0.2) is 0 Å². The number of rotatable bonds is 3. The molecule has 1 rings (SSSR count). The number of carbonyl (C=O) groups excluding carboxylic acids is 1. The molecule has 1 aliphatic rings. The van der Waals surface area contributed by atoms with Crippen molar-refractivity contribution in [2.75, 3.05) is 53.4 Å². The van der Waals surface area contributed by atoms with Gasteiger partial charge in [-0.1, -0.05) is 6.92 Å². The summed E-state index contributed by atoms with van der Waals surface area (Å²) in [5.74, 6) is 0.255. The van der Waals surface area contributed by atoms with E-state index in [9.17, 15) is 4.79 Å². The summed E-state index contributed by atoms with van der Waals surface area (Å²) in [6.07, 6.45) is 0. The zero-order valence-corrected chi connectivity index (χ0v) is 9.49. The predicted octanol–water partition coefficient (Wildman–Crippen LogP) is -0.288. The molecule has 0 aliphatic carbocycles. The quantitative estimate of drug-likeness (QED) is 0.625. The van der Waals surface area contributed by atoms with E-state index < -0.39 is 0 Å². The van der Waals surface area contributed by atoms with E-state index in [4.69, 9.17) is 0 Å². The Hall–Kier alpha value is -0.610. The van der Waals surface area contributed by atoms with Crippen LogP contribution in [0.25, 0.3) is 0 Å². The van der Waals surface area contributed by atoms with E-state index in [-0.39, 0.29) is 5.91 Å². The minimum Gasteiger partial charge on any atom is -0.339 e. The number of hydrogen-bond donors (Lipinski definition) is 0. The van der Waals surface area contributed by atoms with E-state index in [1.807, 2.05) is 23.9 Å². The lowest BCUT2D eigenvalue weighted by molar-refractivity contribution is -0.133. The maximum Gasteiger partial charge on any atom is 0.236 e. The Labute approximate surface area is 86.5 Å². The second-order valence-corrected chi connectivity index (χ2v) is 4.05. The molecule has 0 bridgehead atoms. The maximum absolute atomic E-state index is 11.7. The van der Waals surface area contributed by atoms with Crippen molar-refractivity contribution in [1.29, 1.82) is 0 Å². The summed E-state index contributed by atoms with van der Waals surface area (Å²) in [6.45, 7) is 7.62. The van der Waals surface area contributed by atoms with Gasteiger partial charge in [0.05, 0.1) is 6.54 Å². The molecular formula is C10H21N3O. The largest absolute Gasteiger partial charge is 0.339 e. The molecule has 0 unspecified atom stereocenters. The average Bonchev–Trinajstić information content (AvgIpc) is 2.17. The van der Waals surface area contributed by atoms with Gasteiger partial charge in [0.15, 0.2) is 0 Å². The summed E-state index contributed by atoms with van der Waals surface area (Å²) < 4.78 is 0. The highest BCUT2D eigenvalue weighted by Gasteiger charge is 2.19. The molecular weight excluding hydrogens is 178 g/mol. The van der Waals surface area contributed by atoms with E-state index in [0.29, 0.717) is 6.54 Å². The van der Waals surface area contributed by atoms with Crippen LogP contribution in [-0.4, -0.2) is 74.0 Å². The van der Waals surface area contributed by atoms with Crippen molar-refractivity contribution < 1.29 is 4.79 Å². The van der Waals surface area contributed by atoms with Gasteiger partial charge in [-0.2, -0.15) is 0 Å². The first-order valence-corrected chi connectivity index (χ1v) is 5.28. The molecule has 1 saturated heterocycles. The van der Waals surface area contributed by atoms with Gasteiger partial charge < -0.3 is 14.7 Å². The van der Waals surface area contributed by atoms with Crippen molar-refractivity contribution in [3.05, 3.63) is 0 Å². The number of likely N-dealkylation sites (N-methyl/N-ethyl adjacent to an activating group) is 2. The van der Waals surface area contributed by atoms with Gasteiger partial charge in [-0.3, -0.25) is 4.79 Å². The lowest BCUT2D eigenvalue weighted by Gasteiger charge is -2.34. The molecule has 0 atom stereocenters. The summed E-state index contributed by atoms with van der Waals surface area (Å²) in [7, 11) is 3.86. The summed E-state index contributed by atoms with van der Waals surface area (Å²) in [6, 6.07) is 0. The summed E-state index contributed by atoms with van der Waals surface area (Å²) >= 11 is 0. The molecule has 0 radical (unpaired) electrons. The molecule has 1 fully saturated rings. The minimum atomic E-state index is 0.255. The van der Waals surface area contributed by atoms with Gasteiger partial charge in [0, 0.05) is 26.2 Å². The number of amides is 1. The Balaban J connectivity index is 2.30. The van der Waals surface area contributed by atoms with E-state index in [1.54, 1.807) is 0 Å². The van der Waals surface area contributed by atoms with Crippen LogP contribution in [-0.2, 0) is 4.79 Å². The molecule has 14 heavy (non-hydrogen) atoms. The lowest BCUT2D eigenvalue weighted by atomic mass is 10.3. The fourth-order valence-corrected chi connectivity index (χ4v) is 1.68. The van der Waals surface area contributed by atoms with Crippen molar-refractivity contribution in [3.8, 4) is 0 Å². The van der Waals surface area contributed by atoms with E-state index in [0.717, 1.165) is 32.7 Å². The first kappa shape index (κ1) is 11.5. The van der Waals surface area contributed by atoms with Gasteiger partial charge in [0.25, 0.3) is 0 Å². The molecule has 0 spiro atoms. The second kappa shape index (κ2) is 5.32. The molecule has 0 aromatic heterocycles. The van der Waals surface area contributed by atoms with Gasteiger partial charge >= 0.3 is 0 Å². The van der Waals surface area contributed by atoms with Crippen LogP contribution in [0, 0.1) is 0 Å². The third-order valence-corrected chi connectivity index (χ3v) is 2.62. The molecule has 82 valence electrons. The van der Waals surface area contributed by atoms with Crippen LogP contribution in [0.4, 0.5) is 0 Å². The number of nitrogens with zero attached hydrogens (tertiary/aromatic N) is 3. The van der Waals surface area contributed by atoms with E-state index >= 15 is 0 Å². The standard InChI is InChI=1S/C10H21N3O/c1-4-12-5-7-13(8-6-12)10(14)9-11(2)3/h4-9H2,1-3H3. The number of hydrogen-bond acceptors (Lipinski definition) is 3. The monoisotopic (exact) mass is 199 g/mol. The Morgan fingerprint density at radius 1 is 1.21 bits per heavy atom. The maximum atomic E-state index is 11.7. The first-order valence-electron chi connectivity index (χ1n) is 5.28. The van der Waals surface area contributed by atoms with Gasteiger partial charge in [-0.15, -0.1) is 0 Å². The fraction of sp³-hybridized carbons (Fsp3) is 0.900. The van der Waals surface area contributed by atoms with Crippen LogP contribution in [0.5, 0.6) is 0 Å². The molecule has 0 aromatic rings. The Bertz CT molecular complexity index is 186. The topological polar surface area (TPSA) is 26.8 Å². The van der Waals surface area contributed by atoms with Gasteiger partial charge in [0.1, 0.15) is 0 Å². The van der Waals surface area contributed by atoms with Crippen LogP contribution >= 0.6 is 0 Å². The highest BCUT2D eigenvalue weighted by atomic mass is 16.2. The Kier molecular flexibility index (Phi) is 4.35. The lowest BCUT2D eigenvalue weighted by Crippen LogP contribution is -2.50. The highest BCUT2D eigenvalue weighted by Crippen LogP contribution is 2.01.